The minimum absolute atomic E-state index is 0.0234. The zero-order chi connectivity index (χ0) is 18.1. The van der Waals surface area contributed by atoms with E-state index in [9.17, 15) is 18.0 Å². The van der Waals surface area contributed by atoms with Crippen molar-refractivity contribution in [2.45, 2.75) is 26.6 Å². The number of halogens is 3. The van der Waals surface area contributed by atoms with Crippen LogP contribution in [0, 0.1) is 13.8 Å². The zero-order valence-corrected chi connectivity index (χ0v) is 13.7. The summed E-state index contributed by atoms with van der Waals surface area (Å²) >= 11 is 0. The number of rotatable bonds is 4. The van der Waals surface area contributed by atoms with E-state index in [0.717, 1.165) is 11.6 Å². The van der Waals surface area contributed by atoms with Gasteiger partial charge in [-0.25, -0.2) is 4.98 Å². The molecule has 0 aromatic carbocycles. The van der Waals surface area contributed by atoms with E-state index < -0.39 is 11.9 Å². The minimum Gasteiger partial charge on any atom is -0.363 e. The Labute approximate surface area is 136 Å². The molecule has 2 N–H and O–H groups in total. The third-order valence-corrected chi connectivity index (χ3v) is 3.38. The van der Waals surface area contributed by atoms with Crippen molar-refractivity contribution < 1.29 is 13.2 Å². The molecule has 0 aliphatic carbocycles. The molecule has 2 aromatic heterocycles. The predicted octanol–water partition coefficient (Wildman–Crippen LogP) is 2.48. The first-order valence-corrected chi connectivity index (χ1v) is 7.15. The normalized spacial score (nSPS) is 11.5. The number of alkyl halides is 3. The molecule has 0 radical (unpaired) electrons. The fourth-order valence-electron chi connectivity index (χ4n) is 2.16. The van der Waals surface area contributed by atoms with Gasteiger partial charge in [0.2, 0.25) is 5.95 Å². The van der Waals surface area contributed by atoms with E-state index in [0.29, 0.717) is 11.3 Å². The molecule has 2 rings (SSSR count). The standard InChI is InChI=1S/C15H18F3N5O/c1-8-5-9(2)20-13(24)10(8)7-19-14-21-11(15(16,17)18)6-12(22-14)23(3)4/h5-6H,7H2,1-4H3,(H,20,24)(H,19,21,22). The summed E-state index contributed by atoms with van der Waals surface area (Å²) < 4.78 is 38.9. The van der Waals surface area contributed by atoms with Gasteiger partial charge < -0.3 is 15.2 Å². The SMILES string of the molecule is Cc1cc(C)c(CNc2nc(N(C)C)cc(C(F)(F)F)n2)c(=O)[nH]1. The van der Waals surface area contributed by atoms with Crippen LogP contribution in [0.15, 0.2) is 16.9 Å². The van der Waals surface area contributed by atoms with Gasteiger partial charge in [0.05, 0.1) is 0 Å². The summed E-state index contributed by atoms with van der Waals surface area (Å²) in [6, 6.07) is 2.66. The van der Waals surface area contributed by atoms with E-state index in [4.69, 9.17) is 0 Å². The van der Waals surface area contributed by atoms with E-state index >= 15 is 0 Å². The largest absolute Gasteiger partial charge is 0.433 e. The molecule has 0 amide bonds. The summed E-state index contributed by atoms with van der Waals surface area (Å²) in [6.07, 6.45) is -4.58. The number of aryl methyl sites for hydroxylation is 2. The van der Waals surface area contributed by atoms with Crippen molar-refractivity contribution in [2.75, 3.05) is 24.3 Å². The fourth-order valence-corrected chi connectivity index (χ4v) is 2.16. The van der Waals surface area contributed by atoms with Gasteiger partial charge in [-0.3, -0.25) is 4.79 Å². The van der Waals surface area contributed by atoms with E-state index in [2.05, 4.69) is 20.3 Å². The molecule has 0 aliphatic heterocycles. The highest BCUT2D eigenvalue weighted by Gasteiger charge is 2.34. The molecule has 0 bridgehead atoms. The maximum absolute atomic E-state index is 13.0. The van der Waals surface area contributed by atoms with Gasteiger partial charge in [0.15, 0.2) is 5.69 Å². The summed E-state index contributed by atoms with van der Waals surface area (Å²) in [7, 11) is 3.17. The lowest BCUT2D eigenvalue weighted by Gasteiger charge is -2.16. The van der Waals surface area contributed by atoms with Gasteiger partial charge in [0.25, 0.3) is 5.56 Å². The van der Waals surface area contributed by atoms with Crippen LogP contribution in [0.4, 0.5) is 24.9 Å². The van der Waals surface area contributed by atoms with Gasteiger partial charge in [0, 0.05) is 38.0 Å². The van der Waals surface area contributed by atoms with Crippen molar-refractivity contribution in [3.8, 4) is 0 Å². The monoisotopic (exact) mass is 341 g/mol. The second-order valence-corrected chi connectivity index (χ2v) is 5.62. The van der Waals surface area contributed by atoms with E-state index in [1.54, 1.807) is 34.0 Å². The van der Waals surface area contributed by atoms with Crippen LogP contribution in [-0.4, -0.2) is 29.0 Å². The Morgan fingerprint density at radius 3 is 2.42 bits per heavy atom. The van der Waals surface area contributed by atoms with Gasteiger partial charge in [-0.2, -0.15) is 18.2 Å². The van der Waals surface area contributed by atoms with Crippen LogP contribution >= 0.6 is 0 Å². The van der Waals surface area contributed by atoms with Crippen molar-refractivity contribution in [3.63, 3.8) is 0 Å². The van der Waals surface area contributed by atoms with Crippen LogP contribution in [0.5, 0.6) is 0 Å². The van der Waals surface area contributed by atoms with Crippen LogP contribution in [0.3, 0.4) is 0 Å². The first kappa shape index (κ1) is 17.8. The number of hydrogen-bond acceptors (Lipinski definition) is 5. The number of anilines is 2. The van der Waals surface area contributed by atoms with Gasteiger partial charge in [-0.05, 0) is 25.5 Å². The molecule has 9 heteroatoms. The van der Waals surface area contributed by atoms with E-state index in [1.165, 1.54) is 4.90 Å². The van der Waals surface area contributed by atoms with Crippen molar-refractivity contribution >= 4 is 11.8 Å². The van der Waals surface area contributed by atoms with Crippen LogP contribution < -0.4 is 15.8 Å². The third-order valence-electron chi connectivity index (χ3n) is 3.38. The molecule has 0 spiro atoms. The Morgan fingerprint density at radius 2 is 1.88 bits per heavy atom. The molecule has 2 heterocycles. The number of nitrogens with zero attached hydrogens (tertiary/aromatic N) is 3. The Hall–Kier alpha value is -2.58. The molecule has 2 aromatic rings. The van der Waals surface area contributed by atoms with E-state index in [-0.39, 0.29) is 23.9 Å². The summed E-state index contributed by atoms with van der Waals surface area (Å²) in [4.78, 5) is 23.6. The van der Waals surface area contributed by atoms with Crippen LogP contribution in [0.2, 0.25) is 0 Å². The van der Waals surface area contributed by atoms with Crippen LogP contribution in [-0.2, 0) is 12.7 Å². The molecular formula is C15H18F3N5O. The highest BCUT2D eigenvalue weighted by molar-refractivity contribution is 5.44. The van der Waals surface area contributed by atoms with Crippen molar-refractivity contribution in [1.29, 1.82) is 0 Å². The topological polar surface area (TPSA) is 73.9 Å². The summed E-state index contributed by atoms with van der Waals surface area (Å²) in [6.45, 7) is 3.54. The lowest BCUT2D eigenvalue weighted by molar-refractivity contribution is -0.141. The molecule has 6 nitrogen and oxygen atoms in total. The Kier molecular flexibility index (Phi) is 4.81. The number of aromatic nitrogens is 3. The predicted molar refractivity (Wildman–Crippen MR) is 85.2 cm³/mol. The fraction of sp³-hybridized carbons (Fsp3) is 0.400. The smallest absolute Gasteiger partial charge is 0.363 e. The summed E-state index contributed by atoms with van der Waals surface area (Å²) in [5, 5.41) is 2.70. The first-order valence-electron chi connectivity index (χ1n) is 7.15. The van der Waals surface area contributed by atoms with Crippen molar-refractivity contribution in [1.82, 2.24) is 15.0 Å². The maximum Gasteiger partial charge on any atom is 0.433 e. The van der Waals surface area contributed by atoms with Gasteiger partial charge in [0.1, 0.15) is 5.82 Å². The average Bonchev–Trinajstić information content (AvgIpc) is 2.44. The lowest BCUT2D eigenvalue weighted by atomic mass is 10.1. The molecule has 0 atom stereocenters. The van der Waals surface area contributed by atoms with Crippen molar-refractivity contribution in [2.24, 2.45) is 0 Å². The molecule has 0 fully saturated rings. The number of hydrogen-bond donors (Lipinski definition) is 2. The van der Waals surface area contributed by atoms with Crippen LogP contribution in [0.25, 0.3) is 0 Å². The second-order valence-electron chi connectivity index (χ2n) is 5.62. The molecule has 24 heavy (non-hydrogen) atoms. The molecule has 0 unspecified atom stereocenters. The quantitative estimate of drug-likeness (QED) is 0.894. The number of pyridine rings is 1. The summed E-state index contributed by atoms with van der Waals surface area (Å²) in [5.41, 5.74) is 0.543. The lowest BCUT2D eigenvalue weighted by Crippen LogP contribution is -2.21. The van der Waals surface area contributed by atoms with Crippen LogP contribution in [0.1, 0.15) is 22.5 Å². The second kappa shape index (κ2) is 6.50. The van der Waals surface area contributed by atoms with Gasteiger partial charge >= 0.3 is 6.18 Å². The number of H-pyrrole nitrogens is 1. The molecule has 130 valence electrons. The van der Waals surface area contributed by atoms with Crippen molar-refractivity contribution in [3.05, 3.63) is 45.0 Å². The molecule has 0 saturated carbocycles. The number of aromatic amines is 1. The first-order chi connectivity index (χ1) is 11.1. The van der Waals surface area contributed by atoms with Gasteiger partial charge in [-0.15, -0.1) is 0 Å². The molecule has 0 aliphatic rings. The van der Waals surface area contributed by atoms with E-state index in [1.807, 2.05) is 0 Å². The number of nitrogens with one attached hydrogen (secondary N) is 2. The maximum atomic E-state index is 13.0. The third kappa shape index (κ3) is 4.03. The minimum atomic E-state index is -4.58. The average molecular weight is 341 g/mol. The Bertz CT molecular complexity index is 799. The Morgan fingerprint density at radius 1 is 1.21 bits per heavy atom. The Balaban J connectivity index is 2.33. The highest BCUT2D eigenvalue weighted by atomic mass is 19.4. The molecule has 0 saturated heterocycles. The molecular weight excluding hydrogens is 323 g/mol. The van der Waals surface area contributed by atoms with Gasteiger partial charge in [-0.1, -0.05) is 0 Å². The summed E-state index contributed by atoms with van der Waals surface area (Å²) in [5.74, 6) is -0.0673. The zero-order valence-electron chi connectivity index (χ0n) is 13.7. The highest BCUT2D eigenvalue weighted by Crippen LogP contribution is 2.30.